The van der Waals surface area contributed by atoms with Gasteiger partial charge in [0, 0.05) is 18.2 Å². The van der Waals surface area contributed by atoms with Gasteiger partial charge in [0.25, 0.3) is 0 Å². The van der Waals surface area contributed by atoms with Gasteiger partial charge in [-0.15, -0.1) is 0 Å². The van der Waals surface area contributed by atoms with E-state index in [1.54, 1.807) is 46.8 Å². The van der Waals surface area contributed by atoms with Crippen molar-refractivity contribution >= 4 is 17.7 Å². The van der Waals surface area contributed by atoms with Crippen molar-refractivity contribution < 1.29 is 19.4 Å². The number of ether oxygens (including phenoxy) is 1. The first-order valence-electron chi connectivity index (χ1n) is 7.90. The Hall–Kier alpha value is -2.08. The smallest absolute Gasteiger partial charge is 0.408 e. The van der Waals surface area contributed by atoms with Crippen LogP contribution in [0.2, 0.25) is 0 Å². The second-order valence-electron chi connectivity index (χ2n) is 7.47. The molecule has 0 saturated heterocycles. The highest BCUT2D eigenvalue weighted by Crippen LogP contribution is 2.33. The highest BCUT2D eigenvalue weighted by Gasteiger charge is 2.34. The van der Waals surface area contributed by atoms with Gasteiger partial charge in [-0.3, -0.25) is 4.79 Å². The van der Waals surface area contributed by atoms with Crippen LogP contribution in [-0.2, 0) is 9.53 Å². The van der Waals surface area contributed by atoms with Crippen LogP contribution in [0.15, 0.2) is 18.2 Å². The molecule has 1 aromatic rings. The first-order chi connectivity index (χ1) is 10.8. The molecule has 0 aromatic heterocycles. The lowest BCUT2D eigenvalue weighted by Crippen LogP contribution is -2.49. The number of carbonyl (C=O) groups excluding carboxylic acids is 2. The average Bonchev–Trinajstić information content (AvgIpc) is 2.36. The minimum absolute atomic E-state index is 0.226. The number of alkyl carbamates (subject to hydrolysis) is 1. The van der Waals surface area contributed by atoms with E-state index in [2.05, 4.69) is 10.6 Å². The summed E-state index contributed by atoms with van der Waals surface area (Å²) in [5.41, 5.74) is 0.289. The maximum Gasteiger partial charge on any atom is 0.408 e. The Balaban J connectivity index is 3.07. The Morgan fingerprint density at radius 2 is 1.75 bits per heavy atom. The number of para-hydroxylation sites is 1. The Morgan fingerprint density at radius 1 is 1.17 bits per heavy atom. The van der Waals surface area contributed by atoms with E-state index < -0.39 is 23.3 Å². The summed E-state index contributed by atoms with van der Waals surface area (Å²) in [6.07, 6.45) is -1.65. The minimum Gasteiger partial charge on any atom is -0.444 e. The molecule has 1 aromatic carbocycles. The maximum atomic E-state index is 12.0. The second-order valence-corrected chi connectivity index (χ2v) is 7.47. The molecule has 1 unspecified atom stereocenters. The van der Waals surface area contributed by atoms with Gasteiger partial charge in [-0.2, -0.15) is 0 Å². The predicted molar refractivity (Wildman–Crippen MR) is 93.9 cm³/mol. The molecule has 0 radical (unpaired) electrons. The molecule has 24 heavy (non-hydrogen) atoms. The molecule has 0 aliphatic heterocycles. The van der Waals surface area contributed by atoms with E-state index >= 15 is 0 Å². The summed E-state index contributed by atoms with van der Waals surface area (Å²) in [4.78, 5) is 23.5. The van der Waals surface area contributed by atoms with Crippen LogP contribution in [0.1, 0.15) is 58.8 Å². The van der Waals surface area contributed by atoms with Crippen molar-refractivity contribution in [3.05, 3.63) is 29.3 Å². The topological polar surface area (TPSA) is 87.7 Å². The van der Waals surface area contributed by atoms with Gasteiger partial charge in [-0.25, -0.2) is 4.79 Å². The van der Waals surface area contributed by atoms with E-state index in [1.165, 1.54) is 6.92 Å². The van der Waals surface area contributed by atoms with Crippen LogP contribution in [-0.4, -0.2) is 28.2 Å². The Bertz CT molecular complexity index is 618. The van der Waals surface area contributed by atoms with Crippen molar-refractivity contribution in [3.63, 3.8) is 0 Å². The molecular formula is C18H28N2O4. The quantitative estimate of drug-likeness (QED) is 0.787. The van der Waals surface area contributed by atoms with Crippen LogP contribution < -0.4 is 10.6 Å². The van der Waals surface area contributed by atoms with E-state index in [-0.39, 0.29) is 5.91 Å². The van der Waals surface area contributed by atoms with Gasteiger partial charge < -0.3 is 20.5 Å². The number of aliphatic hydroxyl groups is 1. The number of nitrogens with one attached hydrogen (secondary N) is 2. The third kappa shape index (κ3) is 5.53. The van der Waals surface area contributed by atoms with Crippen LogP contribution in [0, 0.1) is 6.92 Å². The van der Waals surface area contributed by atoms with Gasteiger partial charge in [0.2, 0.25) is 5.91 Å². The van der Waals surface area contributed by atoms with Crippen molar-refractivity contribution in [2.75, 3.05) is 5.32 Å². The number of aryl methyl sites for hydroxylation is 1. The van der Waals surface area contributed by atoms with Crippen LogP contribution in [0.5, 0.6) is 0 Å². The fourth-order valence-corrected chi connectivity index (χ4v) is 2.29. The Kier molecular flexibility index (Phi) is 6.00. The molecule has 134 valence electrons. The van der Waals surface area contributed by atoms with Crippen LogP contribution >= 0.6 is 0 Å². The summed E-state index contributed by atoms with van der Waals surface area (Å²) in [5, 5.41) is 16.2. The Morgan fingerprint density at radius 3 is 2.25 bits per heavy atom. The largest absolute Gasteiger partial charge is 0.444 e. The number of hydrogen-bond acceptors (Lipinski definition) is 4. The third-order valence-electron chi connectivity index (χ3n) is 3.41. The summed E-state index contributed by atoms with van der Waals surface area (Å²) in [6, 6.07) is 5.36. The molecule has 1 atom stereocenters. The van der Waals surface area contributed by atoms with Gasteiger partial charge >= 0.3 is 6.09 Å². The number of anilines is 1. The Labute approximate surface area is 143 Å². The van der Waals surface area contributed by atoms with Crippen LogP contribution in [0.3, 0.4) is 0 Å². The van der Waals surface area contributed by atoms with Gasteiger partial charge in [-0.1, -0.05) is 18.2 Å². The van der Waals surface area contributed by atoms with Crippen LogP contribution in [0.25, 0.3) is 0 Å². The van der Waals surface area contributed by atoms with Gasteiger partial charge in [-0.05, 0) is 47.1 Å². The summed E-state index contributed by atoms with van der Waals surface area (Å²) in [5.74, 6) is -0.226. The molecule has 0 aliphatic rings. The fraction of sp³-hybridized carbons (Fsp3) is 0.556. The molecule has 2 amide bonds. The van der Waals surface area contributed by atoms with Gasteiger partial charge in [0.15, 0.2) is 0 Å². The van der Waals surface area contributed by atoms with Crippen molar-refractivity contribution in [2.45, 2.75) is 65.7 Å². The molecule has 0 spiro atoms. The molecular weight excluding hydrogens is 308 g/mol. The van der Waals surface area contributed by atoms with Crippen LogP contribution in [0.4, 0.5) is 10.5 Å². The number of benzene rings is 1. The molecule has 0 fully saturated rings. The maximum absolute atomic E-state index is 12.0. The zero-order valence-electron chi connectivity index (χ0n) is 15.5. The average molecular weight is 336 g/mol. The number of rotatable bonds is 4. The predicted octanol–water partition coefficient (Wildman–Crippen LogP) is 3.29. The van der Waals surface area contributed by atoms with Gasteiger partial charge in [0.05, 0.1) is 5.54 Å². The zero-order chi connectivity index (χ0) is 18.7. The molecule has 3 N–H and O–H groups in total. The number of amides is 2. The van der Waals surface area contributed by atoms with Gasteiger partial charge in [0.1, 0.15) is 11.7 Å². The highest BCUT2D eigenvalue weighted by atomic mass is 16.6. The second kappa shape index (κ2) is 7.21. The third-order valence-corrected chi connectivity index (χ3v) is 3.41. The van der Waals surface area contributed by atoms with Crippen molar-refractivity contribution in [1.82, 2.24) is 5.32 Å². The summed E-state index contributed by atoms with van der Waals surface area (Å²) < 4.78 is 5.25. The van der Waals surface area contributed by atoms with Crippen molar-refractivity contribution in [3.8, 4) is 0 Å². The molecule has 0 saturated carbocycles. The van der Waals surface area contributed by atoms with Crippen molar-refractivity contribution in [2.24, 2.45) is 0 Å². The molecule has 0 aliphatic carbocycles. The summed E-state index contributed by atoms with van der Waals surface area (Å²) in [7, 11) is 0. The SMILES string of the molecule is CC(=O)Nc1c(C)cccc1C(O)C(C)(C)NC(=O)OC(C)(C)C. The lowest BCUT2D eigenvalue weighted by molar-refractivity contribution is -0.114. The lowest BCUT2D eigenvalue weighted by Gasteiger charge is -2.34. The fourth-order valence-electron chi connectivity index (χ4n) is 2.29. The van der Waals surface area contributed by atoms with E-state index in [0.717, 1.165) is 5.56 Å². The molecule has 1 rings (SSSR count). The number of carbonyl (C=O) groups is 2. The number of aliphatic hydroxyl groups excluding tert-OH is 1. The minimum atomic E-state index is -1.04. The first-order valence-corrected chi connectivity index (χ1v) is 7.90. The normalized spacial score (nSPS) is 13.2. The van der Waals surface area contributed by atoms with E-state index in [1.807, 2.05) is 13.0 Å². The zero-order valence-corrected chi connectivity index (χ0v) is 15.5. The molecule has 6 heteroatoms. The highest BCUT2D eigenvalue weighted by molar-refractivity contribution is 5.90. The first kappa shape index (κ1) is 20.0. The summed E-state index contributed by atoms with van der Waals surface area (Å²) in [6.45, 7) is 12.0. The molecule has 0 heterocycles. The molecule has 0 bridgehead atoms. The van der Waals surface area contributed by atoms with E-state index in [0.29, 0.717) is 11.3 Å². The standard InChI is InChI=1S/C18H28N2O4/c1-11-9-8-10-13(14(11)19-12(2)21)15(22)18(6,7)20-16(23)24-17(3,4)5/h8-10,15,22H,1-7H3,(H,19,21)(H,20,23). The molecule has 6 nitrogen and oxygen atoms in total. The monoisotopic (exact) mass is 336 g/mol. The van der Waals surface area contributed by atoms with Crippen molar-refractivity contribution in [1.29, 1.82) is 0 Å². The number of hydrogen-bond donors (Lipinski definition) is 3. The van der Waals surface area contributed by atoms with E-state index in [9.17, 15) is 14.7 Å². The summed E-state index contributed by atoms with van der Waals surface area (Å²) >= 11 is 0. The van der Waals surface area contributed by atoms with E-state index in [4.69, 9.17) is 4.74 Å². The lowest BCUT2D eigenvalue weighted by atomic mass is 9.89.